The number of rotatable bonds is 10. The van der Waals surface area contributed by atoms with Crippen LogP contribution in [0.1, 0.15) is 52.4 Å². The largest absolute Gasteiger partial charge is 0.357 e. The van der Waals surface area contributed by atoms with Crippen LogP contribution < -0.4 is 5.32 Å². The zero-order valence-corrected chi connectivity index (χ0v) is 19.4. The molecule has 0 aromatic carbocycles. The Morgan fingerprint density at radius 3 is 2.54 bits per heavy atom. The number of aliphatic imine (C=N–C) groups is 1. The van der Waals surface area contributed by atoms with Crippen molar-refractivity contribution in [3.63, 3.8) is 0 Å². The van der Waals surface area contributed by atoms with Crippen LogP contribution in [0, 0.1) is 0 Å². The minimum Gasteiger partial charge on any atom is -0.357 e. The zero-order chi connectivity index (χ0) is 16.9. The summed E-state index contributed by atoms with van der Waals surface area (Å²) in [6.07, 6.45) is 7.80. The molecule has 0 aromatic rings. The smallest absolute Gasteiger partial charge is 0.193 e. The predicted octanol–water partition coefficient (Wildman–Crippen LogP) is 3.91. The van der Waals surface area contributed by atoms with Crippen LogP contribution in [0.2, 0.25) is 0 Å². The molecule has 0 spiro atoms. The van der Waals surface area contributed by atoms with Crippen LogP contribution >= 0.6 is 35.7 Å². The van der Waals surface area contributed by atoms with Gasteiger partial charge in [-0.2, -0.15) is 11.8 Å². The fraction of sp³-hybridized carbons (Fsp3) is 0.944. The highest BCUT2D eigenvalue weighted by Crippen LogP contribution is 2.21. The monoisotopic (exact) mass is 470 g/mol. The molecule has 1 unspecified atom stereocenters. The van der Waals surface area contributed by atoms with Crippen molar-refractivity contribution >= 4 is 41.7 Å². The third kappa shape index (κ3) is 11.0. The average molecular weight is 471 g/mol. The molecule has 0 aliphatic carbocycles. The summed E-state index contributed by atoms with van der Waals surface area (Å²) < 4.78 is 0. The summed E-state index contributed by atoms with van der Waals surface area (Å²) >= 11 is 2.12. The summed E-state index contributed by atoms with van der Waals surface area (Å²) in [5.74, 6) is 2.37. The van der Waals surface area contributed by atoms with Crippen LogP contribution in [-0.4, -0.2) is 73.6 Å². The molecule has 1 rings (SSSR count). The first kappa shape index (κ1) is 24.3. The molecule has 1 aliphatic rings. The van der Waals surface area contributed by atoms with Crippen LogP contribution in [0.3, 0.4) is 0 Å². The second-order valence-electron chi connectivity index (χ2n) is 6.65. The van der Waals surface area contributed by atoms with Gasteiger partial charge in [0.2, 0.25) is 0 Å². The van der Waals surface area contributed by atoms with Gasteiger partial charge in [-0.25, -0.2) is 0 Å². The molecule has 1 aliphatic heterocycles. The van der Waals surface area contributed by atoms with Crippen LogP contribution in [0.25, 0.3) is 0 Å². The summed E-state index contributed by atoms with van der Waals surface area (Å²) in [5.41, 5.74) is 0. The number of thioether (sulfide) groups is 1. The lowest BCUT2D eigenvalue weighted by Gasteiger charge is -2.34. The number of hydrogen-bond donors (Lipinski definition) is 1. The number of unbranched alkanes of at least 4 members (excludes halogenated alkanes) is 4. The van der Waals surface area contributed by atoms with Gasteiger partial charge in [-0.05, 0) is 46.8 Å². The summed E-state index contributed by atoms with van der Waals surface area (Å²) in [4.78, 5) is 9.60. The van der Waals surface area contributed by atoms with Crippen molar-refractivity contribution in [1.82, 2.24) is 15.1 Å². The Kier molecular flexibility index (Phi) is 15.8. The van der Waals surface area contributed by atoms with Gasteiger partial charge in [-0.1, -0.05) is 26.2 Å². The normalized spacial score (nSPS) is 18.6. The molecule has 0 bridgehead atoms. The lowest BCUT2D eigenvalue weighted by molar-refractivity contribution is 0.389. The quantitative estimate of drug-likeness (QED) is 0.227. The Labute approximate surface area is 171 Å². The number of guanidine groups is 1. The van der Waals surface area contributed by atoms with E-state index in [1.54, 1.807) is 0 Å². The fourth-order valence-electron chi connectivity index (χ4n) is 2.84. The van der Waals surface area contributed by atoms with Crippen molar-refractivity contribution in [2.75, 3.05) is 52.6 Å². The lowest BCUT2D eigenvalue weighted by atomic mass is 10.1. The molecule has 24 heavy (non-hydrogen) atoms. The van der Waals surface area contributed by atoms with Gasteiger partial charge in [0.25, 0.3) is 0 Å². The van der Waals surface area contributed by atoms with Crippen LogP contribution in [0.15, 0.2) is 4.99 Å². The molecule has 6 heteroatoms. The van der Waals surface area contributed by atoms with Gasteiger partial charge in [0.05, 0.1) is 0 Å². The number of hydrogen-bond acceptors (Lipinski definition) is 3. The van der Waals surface area contributed by atoms with E-state index >= 15 is 0 Å². The maximum Gasteiger partial charge on any atom is 0.193 e. The molecule has 0 aromatic heterocycles. The van der Waals surface area contributed by atoms with Crippen LogP contribution in [0.4, 0.5) is 0 Å². The molecule has 0 saturated carbocycles. The van der Waals surface area contributed by atoms with Crippen molar-refractivity contribution in [2.45, 2.75) is 57.6 Å². The molecule has 1 fully saturated rings. The molecule has 1 atom stereocenters. The molecule has 144 valence electrons. The predicted molar refractivity (Wildman–Crippen MR) is 121 cm³/mol. The highest BCUT2D eigenvalue weighted by atomic mass is 127. The van der Waals surface area contributed by atoms with Gasteiger partial charge in [-0.3, -0.25) is 4.99 Å². The van der Waals surface area contributed by atoms with E-state index in [1.807, 2.05) is 0 Å². The summed E-state index contributed by atoms with van der Waals surface area (Å²) in [6, 6.07) is 0. The third-order valence-corrected chi connectivity index (χ3v) is 5.63. The van der Waals surface area contributed by atoms with Gasteiger partial charge >= 0.3 is 0 Å². The molecule has 0 amide bonds. The van der Waals surface area contributed by atoms with Crippen LogP contribution in [0.5, 0.6) is 0 Å². The first-order chi connectivity index (χ1) is 11.2. The standard InChI is InChI=1S/C18H38N4S.HI/c1-5-17-16-22(14-15-23-17)18(19-6-2)20-12-10-8-7-9-11-13-21(3)4;/h17H,5-16H2,1-4H3,(H,19,20);1H. The summed E-state index contributed by atoms with van der Waals surface area (Å²) in [6.45, 7) is 9.89. The molecule has 4 nitrogen and oxygen atoms in total. The van der Waals surface area contributed by atoms with Crippen molar-refractivity contribution in [3.05, 3.63) is 0 Å². The topological polar surface area (TPSA) is 30.9 Å². The Bertz CT molecular complexity index is 326. The van der Waals surface area contributed by atoms with E-state index in [4.69, 9.17) is 4.99 Å². The maximum atomic E-state index is 4.87. The second kappa shape index (κ2) is 15.6. The second-order valence-corrected chi connectivity index (χ2v) is 8.06. The van der Waals surface area contributed by atoms with Crippen molar-refractivity contribution in [1.29, 1.82) is 0 Å². The molecular formula is C18H39IN4S. The van der Waals surface area contributed by atoms with Crippen molar-refractivity contribution in [3.8, 4) is 0 Å². The van der Waals surface area contributed by atoms with E-state index in [9.17, 15) is 0 Å². The lowest BCUT2D eigenvalue weighted by Crippen LogP contribution is -2.48. The number of nitrogens with one attached hydrogen (secondary N) is 1. The minimum absolute atomic E-state index is 0. The first-order valence-electron chi connectivity index (χ1n) is 9.47. The Morgan fingerprint density at radius 2 is 1.88 bits per heavy atom. The van der Waals surface area contributed by atoms with E-state index in [2.05, 4.69) is 54.8 Å². The van der Waals surface area contributed by atoms with E-state index in [0.29, 0.717) is 0 Å². The van der Waals surface area contributed by atoms with E-state index in [0.717, 1.165) is 37.4 Å². The summed E-state index contributed by atoms with van der Waals surface area (Å²) in [5, 5.41) is 4.25. The molecule has 1 saturated heterocycles. The minimum atomic E-state index is 0. The maximum absolute atomic E-state index is 4.87. The van der Waals surface area contributed by atoms with Crippen LogP contribution in [-0.2, 0) is 0 Å². The van der Waals surface area contributed by atoms with E-state index in [1.165, 1.54) is 50.8 Å². The number of halogens is 1. The molecule has 0 radical (unpaired) electrons. The first-order valence-corrected chi connectivity index (χ1v) is 10.5. The summed E-state index contributed by atoms with van der Waals surface area (Å²) in [7, 11) is 4.30. The van der Waals surface area contributed by atoms with Gasteiger partial charge < -0.3 is 15.1 Å². The molecular weight excluding hydrogens is 431 g/mol. The Hall–Kier alpha value is 0.310. The van der Waals surface area contributed by atoms with Gasteiger partial charge in [0, 0.05) is 37.2 Å². The van der Waals surface area contributed by atoms with Crippen molar-refractivity contribution in [2.24, 2.45) is 4.99 Å². The fourth-order valence-corrected chi connectivity index (χ4v) is 4.02. The Balaban J connectivity index is 0.00000529. The van der Waals surface area contributed by atoms with Gasteiger partial charge in [0.15, 0.2) is 5.96 Å². The molecule has 1 N–H and O–H groups in total. The highest BCUT2D eigenvalue weighted by molar-refractivity contribution is 14.0. The van der Waals surface area contributed by atoms with Gasteiger partial charge in [0.1, 0.15) is 0 Å². The number of nitrogens with zero attached hydrogens (tertiary/aromatic N) is 3. The van der Waals surface area contributed by atoms with E-state index in [-0.39, 0.29) is 24.0 Å². The molecule has 1 heterocycles. The SMILES string of the molecule is CCNC(=NCCCCCCCN(C)C)N1CCSC(CC)C1.I. The van der Waals surface area contributed by atoms with Crippen molar-refractivity contribution < 1.29 is 0 Å². The van der Waals surface area contributed by atoms with E-state index < -0.39 is 0 Å². The van der Waals surface area contributed by atoms with Gasteiger partial charge in [-0.15, -0.1) is 24.0 Å². The third-order valence-electron chi connectivity index (χ3n) is 4.25. The Morgan fingerprint density at radius 1 is 1.17 bits per heavy atom. The zero-order valence-electron chi connectivity index (χ0n) is 16.2. The highest BCUT2D eigenvalue weighted by Gasteiger charge is 2.21. The average Bonchev–Trinajstić information content (AvgIpc) is 2.56.